The first-order valence-electron chi connectivity index (χ1n) is 6.52. The van der Waals surface area contributed by atoms with Crippen LogP contribution < -0.4 is 11.5 Å². The molecule has 0 saturated carbocycles. The van der Waals surface area contributed by atoms with Gasteiger partial charge < -0.3 is 11.5 Å². The predicted octanol–water partition coefficient (Wildman–Crippen LogP) is 4.17. The molecule has 0 aliphatic rings. The SMILES string of the molecule is C#CCN.Clc1ccc(I)cc1.NCC#Cc1ccc(Cl)cc1. The Morgan fingerprint density at radius 1 is 0.870 bits per heavy atom. The van der Waals surface area contributed by atoms with Gasteiger partial charge in [0.25, 0.3) is 0 Å². The smallest absolute Gasteiger partial charge is 0.0555 e. The van der Waals surface area contributed by atoms with Gasteiger partial charge in [0, 0.05) is 19.2 Å². The molecule has 0 aliphatic carbocycles. The number of nitrogens with two attached hydrogens (primary N) is 2. The van der Waals surface area contributed by atoms with E-state index in [1.54, 1.807) is 0 Å². The Bertz CT molecular complexity index is 630. The van der Waals surface area contributed by atoms with Crippen LogP contribution in [0.1, 0.15) is 5.56 Å². The summed E-state index contributed by atoms with van der Waals surface area (Å²) in [5.41, 5.74) is 10.9. The molecule has 0 fully saturated rings. The molecule has 0 unspecified atom stereocenters. The Kier molecular flexibility index (Phi) is 13.6. The van der Waals surface area contributed by atoms with Crippen molar-refractivity contribution in [3.05, 3.63) is 67.7 Å². The summed E-state index contributed by atoms with van der Waals surface area (Å²) in [6.07, 6.45) is 4.65. The molecule has 0 aromatic heterocycles. The number of benzene rings is 2. The maximum Gasteiger partial charge on any atom is 0.0555 e. The summed E-state index contributed by atoms with van der Waals surface area (Å²) in [6, 6.07) is 15.1. The topological polar surface area (TPSA) is 52.0 Å². The summed E-state index contributed by atoms with van der Waals surface area (Å²) in [4.78, 5) is 0. The molecule has 0 atom stereocenters. The van der Waals surface area contributed by atoms with Crippen molar-refractivity contribution in [2.75, 3.05) is 13.1 Å². The van der Waals surface area contributed by atoms with Crippen LogP contribution in [0.2, 0.25) is 10.0 Å². The molecule has 2 nitrogen and oxygen atoms in total. The van der Waals surface area contributed by atoms with Gasteiger partial charge in [-0.05, 0) is 71.1 Å². The molecule has 0 saturated heterocycles. The van der Waals surface area contributed by atoms with E-state index >= 15 is 0 Å². The van der Waals surface area contributed by atoms with Crippen LogP contribution in [-0.4, -0.2) is 13.1 Å². The summed E-state index contributed by atoms with van der Waals surface area (Å²) in [5, 5.41) is 1.52. The third-order valence-corrected chi connectivity index (χ3v) is 3.32. The summed E-state index contributed by atoms with van der Waals surface area (Å²) in [6.45, 7) is 0.739. The lowest BCUT2D eigenvalue weighted by molar-refractivity contribution is 1.30. The molecule has 0 bridgehead atoms. The van der Waals surface area contributed by atoms with E-state index in [1.807, 2.05) is 48.5 Å². The van der Waals surface area contributed by atoms with Crippen LogP contribution in [0.3, 0.4) is 0 Å². The molecule has 2 aromatic rings. The molecule has 0 heterocycles. The molecule has 0 aliphatic heterocycles. The molecule has 2 aromatic carbocycles. The maximum atomic E-state index is 5.67. The molecule has 120 valence electrons. The van der Waals surface area contributed by atoms with E-state index in [9.17, 15) is 0 Å². The van der Waals surface area contributed by atoms with Crippen molar-refractivity contribution in [1.29, 1.82) is 0 Å². The van der Waals surface area contributed by atoms with Crippen LogP contribution in [0.4, 0.5) is 0 Å². The zero-order chi connectivity index (χ0) is 17.5. The lowest BCUT2D eigenvalue weighted by atomic mass is 10.2. The van der Waals surface area contributed by atoms with Gasteiger partial charge in [-0.3, -0.25) is 0 Å². The molecule has 4 N–H and O–H groups in total. The minimum Gasteiger partial charge on any atom is -0.320 e. The van der Waals surface area contributed by atoms with Gasteiger partial charge in [-0.2, -0.15) is 0 Å². The highest BCUT2D eigenvalue weighted by Crippen LogP contribution is 2.10. The van der Waals surface area contributed by atoms with Crippen molar-refractivity contribution >= 4 is 45.8 Å². The first-order chi connectivity index (χ1) is 11.0. The van der Waals surface area contributed by atoms with Crippen molar-refractivity contribution in [1.82, 2.24) is 0 Å². The monoisotopic (exact) mass is 458 g/mol. The van der Waals surface area contributed by atoms with Crippen LogP contribution in [-0.2, 0) is 0 Å². The Morgan fingerprint density at radius 2 is 1.30 bits per heavy atom. The van der Waals surface area contributed by atoms with E-state index < -0.39 is 0 Å². The van der Waals surface area contributed by atoms with Gasteiger partial charge >= 0.3 is 0 Å². The van der Waals surface area contributed by atoms with Gasteiger partial charge in [0.15, 0.2) is 0 Å². The minimum absolute atomic E-state index is 0.347. The third kappa shape index (κ3) is 13.0. The molecular weight excluding hydrogens is 442 g/mol. The standard InChI is InChI=1S/C9H8ClN.C6H4ClI.C3H5N/c10-9-5-3-8(4-6-9)2-1-7-11;7-5-1-3-6(8)4-2-5;1-2-3-4/h3-6H,7,11H2;1-4H;1H,3-4H2. The zero-order valence-corrected chi connectivity index (χ0v) is 16.1. The van der Waals surface area contributed by atoms with Gasteiger partial charge in [-0.25, -0.2) is 0 Å². The average Bonchev–Trinajstić information content (AvgIpc) is 2.58. The second kappa shape index (κ2) is 14.4. The predicted molar refractivity (Wildman–Crippen MR) is 109 cm³/mol. The Morgan fingerprint density at radius 3 is 1.65 bits per heavy atom. The quantitative estimate of drug-likeness (QED) is 0.459. The highest BCUT2D eigenvalue weighted by Gasteiger charge is 1.85. The largest absolute Gasteiger partial charge is 0.320 e. The fraction of sp³-hybridized carbons (Fsp3) is 0.111. The van der Waals surface area contributed by atoms with Crippen molar-refractivity contribution < 1.29 is 0 Å². The Balaban J connectivity index is 0.000000354. The van der Waals surface area contributed by atoms with E-state index in [2.05, 4.69) is 46.8 Å². The fourth-order valence-corrected chi connectivity index (χ4v) is 1.73. The lowest BCUT2D eigenvalue weighted by Crippen LogP contribution is -1.92. The first kappa shape index (κ1) is 21.8. The zero-order valence-electron chi connectivity index (χ0n) is 12.4. The van der Waals surface area contributed by atoms with Gasteiger partial charge in [0.05, 0.1) is 13.1 Å². The number of hydrogen-bond donors (Lipinski definition) is 2. The highest BCUT2D eigenvalue weighted by atomic mass is 127. The molecule has 2 rings (SSSR count). The van der Waals surface area contributed by atoms with Crippen LogP contribution >= 0.6 is 45.8 Å². The van der Waals surface area contributed by atoms with Crippen LogP contribution in [0, 0.1) is 27.8 Å². The number of hydrogen-bond acceptors (Lipinski definition) is 2. The Labute approximate surface area is 161 Å². The normalized spacial score (nSPS) is 8.17. The van der Waals surface area contributed by atoms with Crippen LogP contribution in [0.25, 0.3) is 0 Å². The van der Waals surface area contributed by atoms with Crippen molar-refractivity contribution in [2.24, 2.45) is 11.5 Å². The summed E-state index contributed by atoms with van der Waals surface area (Å²) < 4.78 is 1.21. The number of halogens is 3. The maximum absolute atomic E-state index is 5.67. The van der Waals surface area contributed by atoms with Crippen LogP contribution in [0.15, 0.2) is 48.5 Å². The Hall–Kier alpha value is -1.21. The van der Waals surface area contributed by atoms with Crippen molar-refractivity contribution in [3.63, 3.8) is 0 Å². The van der Waals surface area contributed by atoms with Gasteiger partial charge in [-0.1, -0.05) is 41.0 Å². The lowest BCUT2D eigenvalue weighted by Gasteiger charge is -1.88. The van der Waals surface area contributed by atoms with E-state index in [1.165, 1.54) is 3.57 Å². The minimum atomic E-state index is 0.347. The molecule has 0 amide bonds. The van der Waals surface area contributed by atoms with Crippen molar-refractivity contribution in [2.45, 2.75) is 0 Å². The fourth-order valence-electron chi connectivity index (χ4n) is 1.12. The summed E-state index contributed by atoms with van der Waals surface area (Å²) in [7, 11) is 0. The average molecular weight is 459 g/mol. The van der Waals surface area contributed by atoms with Crippen LogP contribution in [0.5, 0.6) is 0 Å². The van der Waals surface area contributed by atoms with E-state index in [4.69, 9.17) is 34.7 Å². The number of terminal acetylenes is 1. The van der Waals surface area contributed by atoms with Gasteiger partial charge in [0.1, 0.15) is 0 Å². The van der Waals surface area contributed by atoms with E-state index in [-0.39, 0.29) is 0 Å². The van der Waals surface area contributed by atoms with Gasteiger partial charge in [0.2, 0.25) is 0 Å². The first-order valence-corrected chi connectivity index (χ1v) is 8.36. The van der Waals surface area contributed by atoms with Crippen molar-refractivity contribution in [3.8, 4) is 24.2 Å². The molecule has 23 heavy (non-hydrogen) atoms. The van der Waals surface area contributed by atoms with E-state index in [0.717, 1.165) is 15.6 Å². The highest BCUT2D eigenvalue weighted by molar-refractivity contribution is 14.1. The summed E-state index contributed by atoms with van der Waals surface area (Å²) in [5.74, 6) is 7.86. The second-order valence-corrected chi connectivity index (χ2v) is 5.98. The molecule has 0 spiro atoms. The third-order valence-electron chi connectivity index (χ3n) is 2.10. The molecule has 0 radical (unpaired) electrons. The molecular formula is C18H17Cl2IN2. The molecule has 5 heteroatoms. The number of rotatable bonds is 0. The van der Waals surface area contributed by atoms with Gasteiger partial charge in [-0.15, -0.1) is 6.42 Å². The summed E-state index contributed by atoms with van der Waals surface area (Å²) >= 11 is 13.5. The second-order valence-electron chi connectivity index (χ2n) is 3.86. The van der Waals surface area contributed by atoms with E-state index in [0.29, 0.717) is 13.1 Å².